The number of nitrogens with two attached hydrogens (primary N) is 1. The molecule has 1 saturated heterocycles. The van der Waals surface area contributed by atoms with Crippen LogP contribution in [0.5, 0.6) is 5.75 Å². The molecule has 1 fully saturated rings. The Kier molecular flexibility index (Phi) is 8.75. The van der Waals surface area contributed by atoms with Gasteiger partial charge in [0.05, 0.1) is 10.6 Å². The summed E-state index contributed by atoms with van der Waals surface area (Å²) < 4.78 is 34.4. The molecule has 1 amide bonds. The Balaban J connectivity index is 1.41. The number of aromatic nitrogens is 1. The van der Waals surface area contributed by atoms with Crippen LogP contribution < -0.4 is 10.5 Å². The van der Waals surface area contributed by atoms with Crippen molar-refractivity contribution < 1.29 is 23.1 Å². The van der Waals surface area contributed by atoms with Gasteiger partial charge in [0.25, 0.3) is 5.91 Å². The Labute approximate surface area is 237 Å². The predicted octanol–water partition coefficient (Wildman–Crippen LogP) is 5.72. The third-order valence-corrected chi connectivity index (χ3v) is 7.37. The molecule has 0 bridgehead atoms. The van der Waals surface area contributed by atoms with E-state index in [0.717, 1.165) is 30.8 Å². The summed E-state index contributed by atoms with van der Waals surface area (Å²) in [7, 11) is 0. The Morgan fingerprint density at radius 3 is 2.33 bits per heavy atom. The van der Waals surface area contributed by atoms with Gasteiger partial charge < -0.3 is 15.4 Å². The van der Waals surface area contributed by atoms with Gasteiger partial charge in [-0.05, 0) is 63.6 Å². The van der Waals surface area contributed by atoms with Crippen LogP contribution in [0.15, 0.2) is 48.7 Å². The number of anilines is 1. The molecule has 4 rings (SSSR count). The van der Waals surface area contributed by atoms with Gasteiger partial charge in [-0.3, -0.25) is 14.5 Å². The Bertz CT molecular complexity index is 1400. The van der Waals surface area contributed by atoms with E-state index in [1.165, 1.54) is 19.2 Å². The lowest BCUT2D eigenvalue weighted by atomic mass is 10.0. The predicted molar refractivity (Wildman–Crippen MR) is 151 cm³/mol. The zero-order valence-electron chi connectivity index (χ0n) is 23.0. The highest BCUT2D eigenvalue weighted by Gasteiger charge is 2.28. The minimum absolute atomic E-state index is 0.0182. The van der Waals surface area contributed by atoms with Gasteiger partial charge in [-0.1, -0.05) is 23.7 Å². The van der Waals surface area contributed by atoms with E-state index in [1.807, 2.05) is 4.90 Å². The summed E-state index contributed by atoms with van der Waals surface area (Å²) in [5, 5.41) is -0.238. The molecule has 1 aliphatic heterocycles. The minimum Gasteiger partial charge on any atom is -0.482 e. The maximum Gasteiger partial charge on any atom is 0.253 e. The molecule has 10 heteroatoms. The molecule has 1 atom stereocenters. The number of ether oxygens (including phenoxy) is 1. The number of piperazine rings is 1. The average molecular weight is 571 g/mol. The molecule has 40 heavy (non-hydrogen) atoms. The molecule has 2 aromatic carbocycles. The summed E-state index contributed by atoms with van der Waals surface area (Å²) >= 11 is 5.79. The fraction of sp³-hybridized carbons (Fsp3) is 0.367. The molecule has 0 radical (unpaired) electrons. The van der Waals surface area contributed by atoms with Crippen LogP contribution in [-0.4, -0.2) is 58.2 Å². The highest BCUT2D eigenvalue weighted by molar-refractivity contribution is 6.30. The second-order valence-corrected chi connectivity index (χ2v) is 11.3. The third kappa shape index (κ3) is 6.59. The fourth-order valence-corrected chi connectivity index (χ4v) is 4.85. The summed E-state index contributed by atoms with van der Waals surface area (Å²) in [5.41, 5.74) is 7.14. The monoisotopic (exact) mass is 570 g/mol. The van der Waals surface area contributed by atoms with Crippen LogP contribution in [0, 0.1) is 11.6 Å². The number of rotatable bonds is 7. The van der Waals surface area contributed by atoms with Crippen molar-refractivity contribution in [2.24, 2.45) is 0 Å². The van der Waals surface area contributed by atoms with Gasteiger partial charge in [0.2, 0.25) is 0 Å². The van der Waals surface area contributed by atoms with E-state index in [1.54, 1.807) is 24.3 Å². The molecule has 3 aromatic rings. The number of nitrogens with zero attached hydrogens (tertiary/aromatic N) is 3. The summed E-state index contributed by atoms with van der Waals surface area (Å²) in [6.45, 7) is 10.9. The molecule has 0 unspecified atom stereocenters. The van der Waals surface area contributed by atoms with Crippen molar-refractivity contribution in [1.29, 1.82) is 0 Å². The normalized spacial score (nSPS) is 15.1. The van der Waals surface area contributed by atoms with Crippen LogP contribution in [0.2, 0.25) is 5.02 Å². The van der Waals surface area contributed by atoms with Gasteiger partial charge in [-0.25, -0.2) is 13.8 Å². The van der Waals surface area contributed by atoms with Crippen LogP contribution in [0.1, 0.15) is 65.6 Å². The maximum atomic E-state index is 14.4. The number of carbonyl (C=O) groups excluding carboxylic acids is 2. The number of nitrogen functional groups attached to an aromatic ring is 1. The number of amides is 1. The Morgan fingerprint density at radius 1 is 1.05 bits per heavy atom. The topological polar surface area (TPSA) is 88.8 Å². The summed E-state index contributed by atoms with van der Waals surface area (Å²) in [6, 6.07) is 10.5. The van der Waals surface area contributed by atoms with Crippen LogP contribution >= 0.6 is 11.6 Å². The number of hydrogen-bond acceptors (Lipinski definition) is 6. The van der Waals surface area contributed by atoms with Gasteiger partial charge in [0, 0.05) is 55.5 Å². The largest absolute Gasteiger partial charge is 0.482 e. The Morgan fingerprint density at radius 2 is 1.70 bits per heavy atom. The number of hydrogen-bond donors (Lipinski definition) is 1. The lowest BCUT2D eigenvalue weighted by Crippen LogP contribution is -2.54. The summed E-state index contributed by atoms with van der Waals surface area (Å²) in [6.07, 6.45) is 0.288. The summed E-state index contributed by atoms with van der Waals surface area (Å²) in [5.74, 6) is -2.05. The van der Waals surface area contributed by atoms with Gasteiger partial charge in [-0.2, -0.15) is 0 Å². The molecular formula is C30H33ClF2N4O3. The first-order chi connectivity index (χ1) is 18.8. The summed E-state index contributed by atoms with van der Waals surface area (Å²) in [4.78, 5) is 34.2. The lowest BCUT2D eigenvalue weighted by Gasteiger charge is -2.42. The standard InChI is InChI=1S/C30H33ClF2N4O3/c1-18(26-23(32)10-9-22(31)27(26)33)40-25-16-21(17-35-28(25)34)24(38)15-19-5-7-20(8-6-19)29(39)36-11-13-37(14-12-36)30(2,3)4/h5-10,16-18H,11-15H2,1-4H3,(H2,34,35)/t18-/m1/s1. The van der Waals surface area contributed by atoms with E-state index in [9.17, 15) is 18.4 Å². The van der Waals surface area contributed by atoms with Gasteiger partial charge in [0.1, 0.15) is 11.9 Å². The van der Waals surface area contributed by atoms with Crippen LogP contribution in [0.25, 0.3) is 0 Å². The maximum absolute atomic E-state index is 14.4. The molecule has 1 aliphatic rings. The molecule has 0 spiro atoms. The van der Waals surface area contributed by atoms with Gasteiger partial charge in [0.15, 0.2) is 23.2 Å². The van der Waals surface area contributed by atoms with Crippen LogP contribution in [-0.2, 0) is 6.42 Å². The number of benzene rings is 2. The van der Waals surface area contributed by atoms with Crippen molar-refractivity contribution in [1.82, 2.24) is 14.8 Å². The van der Waals surface area contributed by atoms with Gasteiger partial charge >= 0.3 is 0 Å². The van der Waals surface area contributed by atoms with E-state index in [-0.39, 0.29) is 51.4 Å². The number of Topliss-reactive ketones (excluding diaryl/α,β-unsaturated/α-hetero) is 1. The minimum atomic E-state index is -1.09. The molecule has 0 saturated carbocycles. The average Bonchev–Trinajstić information content (AvgIpc) is 2.92. The number of ketones is 1. The lowest BCUT2D eigenvalue weighted by molar-refractivity contribution is 0.0451. The molecule has 2 N–H and O–H groups in total. The van der Waals surface area contributed by atoms with Crippen LogP contribution in [0.3, 0.4) is 0 Å². The number of pyridine rings is 1. The molecular weight excluding hydrogens is 538 g/mol. The third-order valence-electron chi connectivity index (χ3n) is 7.07. The first-order valence-electron chi connectivity index (χ1n) is 13.1. The highest BCUT2D eigenvalue weighted by atomic mass is 35.5. The van der Waals surface area contributed by atoms with Crippen molar-refractivity contribution >= 4 is 29.1 Å². The van der Waals surface area contributed by atoms with Crippen molar-refractivity contribution in [2.45, 2.75) is 45.8 Å². The number of halogens is 3. The molecule has 212 valence electrons. The van der Waals surface area contributed by atoms with Gasteiger partial charge in [-0.15, -0.1) is 0 Å². The van der Waals surface area contributed by atoms with E-state index >= 15 is 0 Å². The molecule has 1 aromatic heterocycles. The first-order valence-corrected chi connectivity index (χ1v) is 13.4. The first kappa shape index (κ1) is 29.4. The molecule has 0 aliphatic carbocycles. The highest BCUT2D eigenvalue weighted by Crippen LogP contribution is 2.32. The SMILES string of the molecule is C[C@@H](Oc1cc(C(=O)Cc2ccc(C(=O)N3CCN(C(C)(C)C)CC3)cc2)cnc1N)c1c(F)ccc(Cl)c1F. The van der Waals surface area contributed by atoms with Crippen molar-refractivity contribution in [3.8, 4) is 5.75 Å². The smallest absolute Gasteiger partial charge is 0.253 e. The fourth-order valence-electron chi connectivity index (χ4n) is 4.68. The van der Waals surface area contributed by atoms with Crippen molar-refractivity contribution in [2.75, 3.05) is 31.9 Å². The quantitative estimate of drug-likeness (QED) is 0.289. The molecule has 7 nitrogen and oxygen atoms in total. The van der Waals surface area contributed by atoms with E-state index in [0.29, 0.717) is 18.7 Å². The van der Waals surface area contributed by atoms with Crippen LogP contribution in [0.4, 0.5) is 14.6 Å². The van der Waals surface area contributed by atoms with Crippen molar-refractivity contribution in [3.05, 3.63) is 87.6 Å². The number of carbonyl (C=O) groups is 2. The van der Waals surface area contributed by atoms with E-state index < -0.39 is 17.7 Å². The molecule has 2 heterocycles. The zero-order chi connectivity index (χ0) is 29.2. The van der Waals surface area contributed by atoms with Crippen molar-refractivity contribution in [3.63, 3.8) is 0 Å². The second kappa shape index (κ2) is 11.9. The Hall–Kier alpha value is -3.56. The second-order valence-electron chi connectivity index (χ2n) is 10.9. The zero-order valence-corrected chi connectivity index (χ0v) is 23.8. The van der Waals surface area contributed by atoms with E-state index in [4.69, 9.17) is 22.1 Å². The van der Waals surface area contributed by atoms with E-state index in [2.05, 4.69) is 30.7 Å².